The fraction of sp³-hybridized carbons (Fsp3) is 0.133. The van der Waals surface area contributed by atoms with Crippen LogP contribution in [0.1, 0.15) is 0 Å². The Hall–Kier alpha value is -2.68. The van der Waals surface area contributed by atoms with Crippen LogP contribution in [0.2, 0.25) is 0 Å². The maximum Gasteiger partial charge on any atom is 0.295 e. The Balaban J connectivity index is 2.08. The van der Waals surface area contributed by atoms with Gasteiger partial charge in [0.15, 0.2) is 11.6 Å². The van der Waals surface area contributed by atoms with Crippen molar-refractivity contribution in [2.75, 3.05) is 24.3 Å². The maximum atomic E-state index is 13.6. The first-order chi connectivity index (χ1) is 11.4. The third-order valence-electron chi connectivity index (χ3n) is 3.03. The van der Waals surface area contributed by atoms with Gasteiger partial charge in [0.1, 0.15) is 5.69 Å². The molecule has 2 rings (SSSR count). The van der Waals surface area contributed by atoms with Crippen LogP contribution in [0.15, 0.2) is 40.9 Å². The third-order valence-corrected chi connectivity index (χ3v) is 3.56. The highest BCUT2D eigenvalue weighted by Crippen LogP contribution is 2.31. The molecule has 0 aromatic heterocycles. The molecule has 2 aromatic carbocycles. The van der Waals surface area contributed by atoms with Crippen molar-refractivity contribution in [3.63, 3.8) is 0 Å². The molecule has 0 atom stereocenters. The molecule has 0 bridgehead atoms. The predicted octanol–water partition coefficient (Wildman–Crippen LogP) is 3.56. The highest BCUT2D eigenvalue weighted by Gasteiger charge is 2.19. The molecule has 0 saturated heterocycles. The first-order valence-corrected chi connectivity index (χ1v) is 7.51. The van der Waals surface area contributed by atoms with E-state index in [1.165, 1.54) is 7.11 Å². The summed E-state index contributed by atoms with van der Waals surface area (Å²) in [5, 5.41) is 16.2. The van der Waals surface area contributed by atoms with E-state index in [0.29, 0.717) is 5.69 Å². The lowest BCUT2D eigenvalue weighted by molar-refractivity contribution is -0.384. The van der Waals surface area contributed by atoms with E-state index in [2.05, 4.69) is 26.6 Å². The summed E-state index contributed by atoms with van der Waals surface area (Å²) in [5.41, 5.74) is 0.0881. The number of anilines is 2. The van der Waals surface area contributed by atoms with Crippen molar-refractivity contribution < 1.29 is 18.8 Å². The number of amides is 1. The van der Waals surface area contributed by atoms with E-state index in [0.717, 1.165) is 16.6 Å². The topological polar surface area (TPSA) is 93.5 Å². The van der Waals surface area contributed by atoms with E-state index in [1.54, 1.807) is 24.3 Å². The van der Waals surface area contributed by atoms with Crippen molar-refractivity contribution in [3.05, 3.63) is 56.8 Å². The number of carbonyl (C=O) groups excluding carboxylic acids is 1. The van der Waals surface area contributed by atoms with Crippen molar-refractivity contribution >= 4 is 38.9 Å². The van der Waals surface area contributed by atoms with Gasteiger partial charge in [0, 0.05) is 16.2 Å². The van der Waals surface area contributed by atoms with E-state index in [9.17, 15) is 19.3 Å². The number of nitro benzene ring substituents is 1. The van der Waals surface area contributed by atoms with Crippen LogP contribution in [0.4, 0.5) is 21.5 Å². The summed E-state index contributed by atoms with van der Waals surface area (Å²) in [5.74, 6) is -1.42. The van der Waals surface area contributed by atoms with Crippen molar-refractivity contribution in [2.24, 2.45) is 0 Å². The van der Waals surface area contributed by atoms with Gasteiger partial charge in [-0.05, 0) is 24.3 Å². The van der Waals surface area contributed by atoms with Gasteiger partial charge in [0.05, 0.1) is 24.6 Å². The Morgan fingerprint density at radius 2 is 2.00 bits per heavy atom. The molecule has 0 unspecified atom stereocenters. The molecule has 0 aliphatic heterocycles. The second-order valence-electron chi connectivity index (χ2n) is 4.67. The Morgan fingerprint density at radius 1 is 1.33 bits per heavy atom. The number of hydrogen-bond donors (Lipinski definition) is 2. The van der Waals surface area contributed by atoms with Gasteiger partial charge >= 0.3 is 0 Å². The van der Waals surface area contributed by atoms with Crippen LogP contribution in [0, 0.1) is 15.9 Å². The summed E-state index contributed by atoms with van der Waals surface area (Å²) >= 11 is 3.28. The van der Waals surface area contributed by atoms with Gasteiger partial charge in [-0.3, -0.25) is 14.9 Å². The van der Waals surface area contributed by atoms with E-state index in [-0.39, 0.29) is 18.0 Å². The lowest BCUT2D eigenvalue weighted by Crippen LogP contribution is -2.22. The molecule has 2 aromatic rings. The largest absolute Gasteiger partial charge is 0.494 e. The molecule has 9 heteroatoms. The quantitative estimate of drug-likeness (QED) is 0.574. The summed E-state index contributed by atoms with van der Waals surface area (Å²) in [6.45, 7) is -0.230. The van der Waals surface area contributed by atoms with E-state index in [4.69, 9.17) is 4.74 Å². The molecule has 7 nitrogen and oxygen atoms in total. The molecule has 24 heavy (non-hydrogen) atoms. The lowest BCUT2D eigenvalue weighted by atomic mass is 10.2. The number of nitrogens with zero attached hydrogens (tertiary/aromatic N) is 1. The second kappa shape index (κ2) is 7.73. The SMILES string of the molecule is COc1cc(NCC(=O)Nc2ccc(Br)cc2)c([N+](=O)[O-])cc1F. The Labute approximate surface area is 145 Å². The van der Waals surface area contributed by atoms with Crippen molar-refractivity contribution in [1.82, 2.24) is 0 Å². The number of benzene rings is 2. The molecule has 126 valence electrons. The molecule has 0 fully saturated rings. The number of nitro groups is 1. The van der Waals surface area contributed by atoms with Gasteiger partial charge in [-0.1, -0.05) is 15.9 Å². The fourth-order valence-electron chi connectivity index (χ4n) is 1.91. The minimum Gasteiger partial charge on any atom is -0.494 e. The summed E-state index contributed by atoms with van der Waals surface area (Å²) in [7, 11) is 1.24. The van der Waals surface area contributed by atoms with Crippen molar-refractivity contribution in [3.8, 4) is 5.75 Å². The molecule has 0 aliphatic rings. The zero-order chi connectivity index (χ0) is 17.7. The highest BCUT2D eigenvalue weighted by atomic mass is 79.9. The Kier molecular flexibility index (Phi) is 5.69. The second-order valence-corrected chi connectivity index (χ2v) is 5.59. The number of hydrogen-bond acceptors (Lipinski definition) is 5. The highest BCUT2D eigenvalue weighted by molar-refractivity contribution is 9.10. The predicted molar refractivity (Wildman–Crippen MR) is 90.9 cm³/mol. The first-order valence-electron chi connectivity index (χ1n) is 6.72. The normalized spacial score (nSPS) is 10.1. The molecule has 0 radical (unpaired) electrons. The molecule has 2 N–H and O–H groups in total. The molecule has 0 saturated carbocycles. The summed E-state index contributed by atoms with van der Waals surface area (Å²) in [4.78, 5) is 22.2. The zero-order valence-electron chi connectivity index (χ0n) is 12.5. The standard InChI is InChI=1S/C15H13BrFN3O4/c1-24-14-7-12(13(20(22)23)6-11(14)17)18-8-15(21)19-10-4-2-9(16)3-5-10/h2-7,18H,8H2,1H3,(H,19,21). The Morgan fingerprint density at radius 3 is 2.58 bits per heavy atom. The molecule has 1 amide bonds. The van der Waals surface area contributed by atoms with Gasteiger partial charge < -0.3 is 15.4 Å². The molecular formula is C15H13BrFN3O4. The van der Waals surface area contributed by atoms with Crippen LogP contribution in [0.25, 0.3) is 0 Å². The maximum absolute atomic E-state index is 13.6. The van der Waals surface area contributed by atoms with Crippen LogP contribution >= 0.6 is 15.9 Å². The number of rotatable bonds is 6. The number of ether oxygens (including phenoxy) is 1. The van der Waals surface area contributed by atoms with Crippen molar-refractivity contribution in [1.29, 1.82) is 0 Å². The third kappa shape index (κ3) is 4.42. The van der Waals surface area contributed by atoms with E-state index < -0.39 is 22.3 Å². The molecule has 0 aliphatic carbocycles. The van der Waals surface area contributed by atoms with Crippen LogP contribution in [-0.4, -0.2) is 24.5 Å². The molecule has 0 spiro atoms. The number of carbonyl (C=O) groups is 1. The van der Waals surface area contributed by atoms with Crippen LogP contribution in [-0.2, 0) is 4.79 Å². The minimum absolute atomic E-state index is 0.00999. The summed E-state index contributed by atoms with van der Waals surface area (Å²) in [6, 6.07) is 8.81. The number of methoxy groups -OCH3 is 1. The van der Waals surface area contributed by atoms with Gasteiger partial charge in [-0.2, -0.15) is 0 Å². The average Bonchev–Trinajstić information content (AvgIpc) is 2.55. The van der Waals surface area contributed by atoms with Gasteiger partial charge in [0.2, 0.25) is 5.91 Å². The van der Waals surface area contributed by atoms with Crippen LogP contribution < -0.4 is 15.4 Å². The van der Waals surface area contributed by atoms with E-state index >= 15 is 0 Å². The first kappa shape index (κ1) is 17.7. The fourth-order valence-corrected chi connectivity index (χ4v) is 2.17. The van der Waals surface area contributed by atoms with Gasteiger partial charge in [0.25, 0.3) is 5.69 Å². The summed E-state index contributed by atoms with van der Waals surface area (Å²) in [6.07, 6.45) is 0. The average molecular weight is 398 g/mol. The van der Waals surface area contributed by atoms with Gasteiger partial charge in [-0.25, -0.2) is 4.39 Å². The van der Waals surface area contributed by atoms with E-state index in [1.807, 2.05) is 0 Å². The summed E-state index contributed by atoms with van der Waals surface area (Å²) < 4.78 is 19.2. The van der Waals surface area contributed by atoms with Crippen LogP contribution in [0.3, 0.4) is 0 Å². The van der Waals surface area contributed by atoms with Crippen LogP contribution in [0.5, 0.6) is 5.75 Å². The zero-order valence-corrected chi connectivity index (χ0v) is 14.1. The number of nitrogens with one attached hydrogen (secondary N) is 2. The Bertz CT molecular complexity index is 768. The molecule has 0 heterocycles. The lowest BCUT2D eigenvalue weighted by Gasteiger charge is -2.10. The molecular weight excluding hydrogens is 385 g/mol. The smallest absolute Gasteiger partial charge is 0.295 e. The van der Waals surface area contributed by atoms with Crippen molar-refractivity contribution in [2.45, 2.75) is 0 Å². The number of halogens is 2. The minimum atomic E-state index is -0.853. The van der Waals surface area contributed by atoms with Gasteiger partial charge in [-0.15, -0.1) is 0 Å². The monoisotopic (exact) mass is 397 g/mol.